The van der Waals surface area contributed by atoms with Crippen LogP contribution in [0.4, 0.5) is 5.95 Å². The molecule has 0 saturated carbocycles. The molecule has 1 aliphatic rings. The molecule has 1 amide bonds. The van der Waals surface area contributed by atoms with Gasteiger partial charge in [0, 0.05) is 5.02 Å². The van der Waals surface area contributed by atoms with Crippen LogP contribution in [0, 0.1) is 5.92 Å². The van der Waals surface area contributed by atoms with Gasteiger partial charge < -0.3 is 9.72 Å². The Balaban J connectivity index is 1.51. The Kier molecular flexibility index (Phi) is 3.42. The first kappa shape index (κ1) is 14.1. The molecule has 2 aromatic carbocycles. The summed E-state index contributed by atoms with van der Waals surface area (Å²) in [5, 5.41) is 3.47. The van der Waals surface area contributed by atoms with Gasteiger partial charge in [-0.05, 0) is 42.3 Å². The van der Waals surface area contributed by atoms with Crippen LogP contribution in [0.5, 0.6) is 5.75 Å². The van der Waals surface area contributed by atoms with Crippen molar-refractivity contribution in [2.24, 2.45) is 5.92 Å². The largest absolute Gasteiger partial charge is 0.492 e. The lowest BCUT2D eigenvalue weighted by Crippen LogP contribution is -2.32. The molecule has 0 spiro atoms. The monoisotopic (exact) mass is 327 g/mol. The maximum Gasteiger partial charge on any atom is 0.233 e. The third-order valence-electron chi connectivity index (χ3n) is 3.93. The van der Waals surface area contributed by atoms with Crippen LogP contribution in [0.1, 0.15) is 5.56 Å². The van der Waals surface area contributed by atoms with Crippen molar-refractivity contribution in [2.75, 3.05) is 11.9 Å². The number of nitrogens with one attached hydrogen (secondary N) is 2. The Bertz CT molecular complexity index is 857. The summed E-state index contributed by atoms with van der Waals surface area (Å²) in [5.41, 5.74) is 2.66. The van der Waals surface area contributed by atoms with Gasteiger partial charge >= 0.3 is 0 Å². The number of carbonyl (C=O) groups excluding carboxylic acids is 1. The zero-order valence-electron chi connectivity index (χ0n) is 12.2. The van der Waals surface area contributed by atoms with Crippen LogP contribution in [0.25, 0.3) is 11.0 Å². The number of aromatic nitrogens is 2. The Morgan fingerprint density at radius 1 is 1.30 bits per heavy atom. The fourth-order valence-electron chi connectivity index (χ4n) is 2.76. The second-order valence-electron chi connectivity index (χ2n) is 5.56. The molecule has 5 nitrogen and oxygen atoms in total. The highest BCUT2D eigenvalue weighted by Crippen LogP contribution is 2.30. The first-order valence-electron chi connectivity index (χ1n) is 7.36. The SMILES string of the molecule is O=C(Nc1nc2ccccc2[nH]1)[C@H]1COc2ccc(Cl)cc2C1. The summed E-state index contributed by atoms with van der Waals surface area (Å²) in [4.78, 5) is 19.9. The van der Waals surface area contributed by atoms with Crippen LogP contribution >= 0.6 is 11.6 Å². The maximum absolute atomic E-state index is 12.5. The number of hydrogen-bond donors (Lipinski definition) is 2. The average molecular weight is 328 g/mol. The lowest BCUT2D eigenvalue weighted by Gasteiger charge is -2.24. The van der Waals surface area contributed by atoms with Crippen molar-refractivity contribution in [3.8, 4) is 5.75 Å². The highest BCUT2D eigenvalue weighted by Gasteiger charge is 2.26. The van der Waals surface area contributed by atoms with Gasteiger partial charge in [0.2, 0.25) is 11.9 Å². The molecule has 2 heterocycles. The topological polar surface area (TPSA) is 67.0 Å². The van der Waals surface area contributed by atoms with E-state index in [-0.39, 0.29) is 11.8 Å². The van der Waals surface area contributed by atoms with Crippen LogP contribution in [0.15, 0.2) is 42.5 Å². The van der Waals surface area contributed by atoms with Crippen molar-refractivity contribution in [2.45, 2.75) is 6.42 Å². The summed E-state index contributed by atoms with van der Waals surface area (Å²) in [6.45, 7) is 0.348. The van der Waals surface area contributed by atoms with Gasteiger partial charge in [0.05, 0.1) is 17.0 Å². The number of para-hydroxylation sites is 2. The standard InChI is InChI=1S/C17H14ClN3O2/c18-12-5-6-15-10(8-12)7-11(9-23-15)16(22)21-17-19-13-3-1-2-4-14(13)20-17/h1-6,8,11H,7,9H2,(H2,19,20,21,22)/t11-/m1/s1. The molecule has 0 fully saturated rings. The quantitative estimate of drug-likeness (QED) is 0.758. The molecular weight excluding hydrogens is 314 g/mol. The number of fused-ring (bicyclic) bond motifs is 2. The zero-order valence-corrected chi connectivity index (χ0v) is 12.9. The van der Waals surface area contributed by atoms with Gasteiger partial charge in [0.1, 0.15) is 12.4 Å². The van der Waals surface area contributed by atoms with Crippen molar-refractivity contribution >= 4 is 34.5 Å². The summed E-state index contributed by atoms with van der Waals surface area (Å²) >= 11 is 6.01. The molecule has 0 unspecified atom stereocenters. The predicted molar refractivity (Wildman–Crippen MR) is 88.9 cm³/mol. The molecule has 23 heavy (non-hydrogen) atoms. The first-order chi connectivity index (χ1) is 11.2. The van der Waals surface area contributed by atoms with Gasteiger partial charge in [-0.1, -0.05) is 23.7 Å². The average Bonchev–Trinajstić information content (AvgIpc) is 2.96. The summed E-state index contributed by atoms with van der Waals surface area (Å²) in [5.74, 6) is 0.860. The van der Waals surface area contributed by atoms with E-state index >= 15 is 0 Å². The Morgan fingerprint density at radius 3 is 3.04 bits per heavy atom. The number of benzene rings is 2. The minimum Gasteiger partial charge on any atom is -0.492 e. The molecule has 1 atom stereocenters. The van der Waals surface area contributed by atoms with Crippen LogP contribution in [0.3, 0.4) is 0 Å². The van der Waals surface area contributed by atoms with Crippen molar-refractivity contribution in [3.63, 3.8) is 0 Å². The molecule has 3 aromatic rings. The molecular formula is C17H14ClN3O2. The van der Waals surface area contributed by atoms with E-state index < -0.39 is 0 Å². The fourth-order valence-corrected chi connectivity index (χ4v) is 2.96. The van der Waals surface area contributed by atoms with Gasteiger partial charge in [0.25, 0.3) is 0 Å². The number of H-pyrrole nitrogens is 1. The lowest BCUT2D eigenvalue weighted by atomic mass is 9.96. The minimum absolute atomic E-state index is 0.116. The highest BCUT2D eigenvalue weighted by atomic mass is 35.5. The lowest BCUT2D eigenvalue weighted by molar-refractivity contribution is -0.121. The van der Waals surface area contributed by atoms with Crippen LogP contribution in [-0.4, -0.2) is 22.5 Å². The van der Waals surface area contributed by atoms with E-state index in [9.17, 15) is 4.79 Å². The highest BCUT2D eigenvalue weighted by molar-refractivity contribution is 6.30. The Labute approximate surface area is 137 Å². The van der Waals surface area contributed by atoms with Crippen LogP contribution < -0.4 is 10.1 Å². The van der Waals surface area contributed by atoms with Crippen LogP contribution in [0.2, 0.25) is 5.02 Å². The van der Waals surface area contributed by atoms with Gasteiger partial charge in [0.15, 0.2) is 0 Å². The van der Waals surface area contributed by atoms with Gasteiger partial charge in [-0.15, -0.1) is 0 Å². The smallest absolute Gasteiger partial charge is 0.233 e. The van der Waals surface area contributed by atoms with E-state index in [4.69, 9.17) is 16.3 Å². The van der Waals surface area contributed by atoms with E-state index in [1.807, 2.05) is 36.4 Å². The number of halogens is 1. The van der Waals surface area contributed by atoms with E-state index in [0.717, 1.165) is 22.3 Å². The summed E-state index contributed by atoms with van der Waals surface area (Å²) in [6, 6.07) is 13.1. The number of amides is 1. The summed E-state index contributed by atoms with van der Waals surface area (Å²) in [7, 11) is 0. The fraction of sp³-hybridized carbons (Fsp3) is 0.176. The van der Waals surface area contributed by atoms with E-state index in [1.165, 1.54) is 0 Å². The van der Waals surface area contributed by atoms with Gasteiger partial charge in [-0.25, -0.2) is 4.98 Å². The van der Waals surface area contributed by atoms with Crippen molar-refractivity contribution in [1.82, 2.24) is 9.97 Å². The van der Waals surface area contributed by atoms with E-state index in [1.54, 1.807) is 6.07 Å². The normalized spacial score (nSPS) is 16.7. The third kappa shape index (κ3) is 2.75. The van der Waals surface area contributed by atoms with Crippen molar-refractivity contribution in [3.05, 3.63) is 53.1 Å². The Morgan fingerprint density at radius 2 is 2.17 bits per heavy atom. The molecule has 0 aliphatic carbocycles. The van der Waals surface area contributed by atoms with Gasteiger partial charge in [-0.3, -0.25) is 10.1 Å². The molecule has 116 valence electrons. The summed E-state index contributed by atoms with van der Waals surface area (Å²) < 4.78 is 5.66. The first-order valence-corrected chi connectivity index (χ1v) is 7.74. The number of hydrogen-bond acceptors (Lipinski definition) is 3. The molecule has 1 aromatic heterocycles. The third-order valence-corrected chi connectivity index (χ3v) is 4.17. The second-order valence-corrected chi connectivity index (χ2v) is 5.99. The molecule has 1 aliphatic heterocycles. The number of ether oxygens (including phenoxy) is 1. The minimum atomic E-state index is -0.269. The van der Waals surface area contributed by atoms with E-state index in [0.29, 0.717) is 24.0 Å². The number of nitrogens with zero attached hydrogens (tertiary/aromatic N) is 1. The maximum atomic E-state index is 12.5. The molecule has 0 radical (unpaired) electrons. The predicted octanol–water partition coefficient (Wildman–Crippen LogP) is 3.41. The van der Waals surface area contributed by atoms with Crippen molar-refractivity contribution < 1.29 is 9.53 Å². The summed E-state index contributed by atoms with van der Waals surface area (Å²) in [6.07, 6.45) is 0.599. The molecule has 6 heteroatoms. The molecule has 2 N–H and O–H groups in total. The second kappa shape index (κ2) is 5.59. The number of carbonyl (C=O) groups is 1. The number of imidazole rings is 1. The molecule has 0 bridgehead atoms. The molecule has 0 saturated heterocycles. The van der Waals surface area contributed by atoms with Crippen molar-refractivity contribution in [1.29, 1.82) is 0 Å². The number of anilines is 1. The number of rotatable bonds is 2. The molecule has 4 rings (SSSR count). The van der Waals surface area contributed by atoms with E-state index in [2.05, 4.69) is 15.3 Å². The van der Waals surface area contributed by atoms with Crippen LogP contribution in [-0.2, 0) is 11.2 Å². The van der Waals surface area contributed by atoms with Gasteiger partial charge in [-0.2, -0.15) is 0 Å². The zero-order chi connectivity index (χ0) is 15.8. The Hall–Kier alpha value is -2.53. The number of aromatic amines is 1.